The normalized spacial score (nSPS) is 12.9. The van der Waals surface area contributed by atoms with E-state index in [-0.39, 0.29) is 5.41 Å². The van der Waals surface area contributed by atoms with Gasteiger partial charge in [-0.1, -0.05) is 147 Å². The third kappa shape index (κ3) is 4.09. The summed E-state index contributed by atoms with van der Waals surface area (Å²) in [5, 5.41) is 4.82. The molecule has 0 unspecified atom stereocenters. The van der Waals surface area contributed by atoms with E-state index in [1.54, 1.807) is 0 Å². The average molecular weight is 547 g/mol. The first-order chi connectivity index (χ1) is 21.1. The topological polar surface area (TPSA) is 0 Å². The number of fused-ring (bicyclic) bond motifs is 5. The van der Waals surface area contributed by atoms with Crippen LogP contribution < -0.4 is 0 Å². The number of hydrogen-bond donors (Lipinski definition) is 0. The quantitative estimate of drug-likeness (QED) is 0.149. The number of rotatable bonds is 2. The van der Waals surface area contributed by atoms with Gasteiger partial charge in [0.2, 0.25) is 0 Å². The Balaban J connectivity index is 1.44. The van der Waals surface area contributed by atoms with E-state index in [1.807, 2.05) is 18.2 Å². The van der Waals surface area contributed by atoms with E-state index < -0.39 is 0 Å². The van der Waals surface area contributed by atoms with Gasteiger partial charge in [0.15, 0.2) is 0 Å². The lowest BCUT2D eigenvalue weighted by atomic mass is 9.80. The Morgan fingerprint density at radius 1 is 0.419 bits per heavy atom. The molecule has 43 heavy (non-hydrogen) atoms. The van der Waals surface area contributed by atoms with Crippen LogP contribution in [0.2, 0.25) is 0 Å². The smallest absolute Gasteiger partial charge is 0.0406 e. The first kappa shape index (κ1) is 25.3. The van der Waals surface area contributed by atoms with E-state index in [1.165, 1.54) is 66.1 Å². The molecule has 0 N–H and O–H groups in total. The van der Waals surface area contributed by atoms with Crippen LogP contribution in [-0.4, -0.2) is 0 Å². The summed E-state index contributed by atoms with van der Waals surface area (Å²) in [6, 6.07) is 52.6. The maximum Gasteiger partial charge on any atom is 0.0406 e. The van der Waals surface area contributed by atoms with Gasteiger partial charge in [-0.05, 0) is 90.3 Å². The Morgan fingerprint density at radius 2 is 1.05 bits per heavy atom. The van der Waals surface area contributed by atoms with Crippen LogP contribution in [0.3, 0.4) is 0 Å². The highest BCUT2D eigenvalue weighted by Gasteiger charge is 2.35. The minimum Gasteiger partial charge on any atom is -0.0622 e. The van der Waals surface area contributed by atoms with Crippen LogP contribution in [0.4, 0.5) is 0 Å². The van der Waals surface area contributed by atoms with Crippen LogP contribution in [0.1, 0.15) is 36.1 Å². The van der Waals surface area contributed by atoms with Crippen molar-refractivity contribution in [1.82, 2.24) is 0 Å². The summed E-state index contributed by atoms with van der Waals surface area (Å²) < 4.78 is 0. The molecule has 0 spiro atoms. The average Bonchev–Trinajstić information content (AvgIpc) is 3.29. The molecule has 1 aliphatic rings. The van der Waals surface area contributed by atoms with E-state index in [9.17, 15) is 0 Å². The SMILES string of the molecule is CC1(C)c2ccccc2-c2ccc(-c3c4ccccc4c(C#Cc4ccccc4)c4ccc(-c5ccccc5)cc34)cc21. The summed E-state index contributed by atoms with van der Waals surface area (Å²) in [6.07, 6.45) is 0. The molecular weight excluding hydrogens is 516 g/mol. The van der Waals surface area contributed by atoms with Crippen molar-refractivity contribution in [3.8, 4) is 45.2 Å². The molecule has 0 saturated heterocycles. The van der Waals surface area contributed by atoms with Crippen LogP contribution in [0.25, 0.3) is 54.9 Å². The van der Waals surface area contributed by atoms with Crippen molar-refractivity contribution in [3.05, 3.63) is 168 Å². The Labute approximate surface area is 253 Å². The lowest BCUT2D eigenvalue weighted by Crippen LogP contribution is -2.14. The lowest BCUT2D eigenvalue weighted by molar-refractivity contribution is 0.660. The predicted octanol–water partition coefficient (Wildman–Crippen LogP) is 11.0. The Bertz CT molecular complexity index is 2240. The zero-order valence-electron chi connectivity index (χ0n) is 24.4. The van der Waals surface area contributed by atoms with E-state index in [0.29, 0.717) is 0 Å². The molecule has 0 heteroatoms. The van der Waals surface area contributed by atoms with Gasteiger partial charge in [-0.3, -0.25) is 0 Å². The van der Waals surface area contributed by atoms with Gasteiger partial charge in [0.25, 0.3) is 0 Å². The molecule has 0 aliphatic heterocycles. The highest BCUT2D eigenvalue weighted by atomic mass is 14.4. The molecule has 0 atom stereocenters. The van der Waals surface area contributed by atoms with Gasteiger partial charge in [-0.2, -0.15) is 0 Å². The van der Waals surface area contributed by atoms with E-state index in [0.717, 1.165) is 11.1 Å². The van der Waals surface area contributed by atoms with Gasteiger partial charge in [-0.15, -0.1) is 0 Å². The van der Waals surface area contributed by atoms with Gasteiger partial charge in [-0.25, -0.2) is 0 Å². The summed E-state index contributed by atoms with van der Waals surface area (Å²) in [5.74, 6) is 7.06. The van der Waals surface area contributed by atoms with E-state index in [2.05, 4.69) is 153 Å². The molecule has 0 fully saturated rings. The van der Waals surface area contributed by atoms with E-state index in [4.69, 9.17) is 0 Å². The number of benzene rings is 7. The highest BCUT2D eigenvalue weighted by molar-refractivity contribution is 6.17. The van der Waals surface area contributed by atoms with Crippen molar-refractivity contribution >= 4 is 21.5 Å². The fourth-order valence-corrected chi connectivity index (χ4v) is 6.95. The number of hydrogen-bond acceptors (Lipinski definition) is 0. The Kier molecular flexibility index (Phi) is 5.81. The molecule has 0 saturated carbocycles. The zero-order valence-corrected chi connectivity index (χ0v) is 24.4. The molecule has 0 bridgehead atoms. The molecule has 7 aromatic rings. The summed E-state index contributed by atoms with van der Waals surface area (Å²) in [5.41, 5.74) is 12.4. The standard InChI is InChI=1S/C43H30/c1-43(2)40-20-12-11-18-36(40)37-26-23-32(28-41(37)43)42-38-19-10-9-17-33(38)34(24-21-29-13-5-3-6-14-29)35-25-22-31(27-39(35)42)30-15-7-4-8-16-30/h3-20,22-23,25-28H,1-2H3. The Hall–Kier alpha value is -5.38. The monoisotopic (exact) mass is 546 g/mol. The molecule has 0 nitrogen and oxygen atoms in total. The van der Waals surface area contributed by atoms with Crippen LogP contribution in [0, 0.1) is 11.8 Å². The van der Waals surface area contributed by atoms with Crippen LogP contribution in [0.15, 0.2) is 146 Å². The predicted molar refractivity (Wildman–Crippen MR) is 182 cm³/mol. The molecule has 202 valence electrons. The molecular formula is C43H30. The molecule has 8 rings (SSSR count). The van der Waals surface area contributed by atoms with Crippen LogP contribution in [0.5, 0.6) is 0 Å². The minimum absolute atomic E-state index is 0.0656. The van der Waals surface area contributed by atoms with Gasteiger partial charge < -0.3 is 0 Å². The third-order valence-corrected chi connectivity index (χ3v) is 9.11. The second kappa shape index (κ2) is 9.87. The first-order valence-corrected chi connectivity index (χ1v) is 15.0. The van der Waals surface area contributed by atoms with Crippen molar-refractivity contribution in [2.75, 3.05) is 0 Å². The summed E-state index contributed by atoms with van der Waals surface area (Å²) >= 11 is 0. The van der Waals surface area contributed by atoms with Gasteiger partial charge in [0.1, 0.15) is 0 Å². The third-order valence-electron chi connectivity index (χ3n) is 9.11. The van der Waals surface area contributed by atoms with Gasteiger partial charge >= 0.3 is 0 Å². The fourth-order valence-electron chi connectivity index (χ4n) is 6.95. The van der Waals surface area contributed by atoms with Crippen LogP contribution >= 0.6 is 0 Å². The first-order valence-electron chi connectivity index (χ1n) is 15.0. The molecule has 1 aliphatic carbocycles. The largest absolute Gasteiger partial charge is 0.0622 e. The van der Waals surface area contributed by atoms with Crippen molar-refractivity contribution in [1.29, 1.82) is 0 Å². The lowest BCUT2D eigenvalue weighted by Gasteiger charge is -2.23. The Morgan fingerprint density at radius 3 is 1.86 bits per heavy atom. The second-order valence-electron chi connectivity index (χ2n) is 12.0. The summed E-state index contributed by atoms with van der Waals surface area (Å²) in [4.78, 5) is 0. The van der Waals surface area contributed by atoms with E-state index >= 15 is 0 Å². The fraction of sp³-hybridized carbons (Fsp3) is 0.0698. The minimum atomic E-state index is -0.0656. The van der Waals surface area contributed by atoms with Crippen LogP contribution in [-0.2, 0) is 5.41 Å². The summed E-state index contributed by atoms with van der Waals surface area (Å²) in [6.45, 7) is 4.71. The molecule has 7 aromatic carbocycles. The zero-order chi connectivity index (χ0) is 29.0. The maximum absolute atomic E-state index is 3.60. The summed E-state index contributed by atoms with van der Waals surface area (Å²) in [7, 11) is 0. The van der Waals surface area contributed by atoms with Crippen molar-refractivity contribution in [2.24, 2.45) is 0 Å². The van der Waals surface area contributed by atoms with Crippen molar-refractivity contribution < 1.29 is 0 Å². The maximum atomic E-state index is 3.60. The van der Waals surface area contributed by atoms with Crippen molar-refractivity contribution in [2.45, 2.75) is 19.3 Å². The molecule has 0 aromatic heterocycles. The van der Waals surface area contributed by atoms with Crippen molar-refractivity contribution in [3.63, 3.8) is 0 Å². The van der Waals surface area contributed by atoms with Gasteiger partial charge in [0, 0.05) is 16.5 Å². The van der Waals surface area contributed by atoms with Gasteiger partial charge in [0.05, 0.1) is 0 Å². The molecule has 0 heterocycles. The molecule has 0 amide bonds. The second-order valence-corrected chi connectivity index (χ2v) is 12.0. The molecule has 0 radical (unpaired) electrons. The highest BCUT2D eigenvalue weighted by Crippen LogP contribution is 2.50.